The molecule has 3 heterocycles. The number of pyridine rings is 1. The average molecular weight is 381 g/mol. The fraction of sp³-hybridized carbons (Fsp3) is 0.529. The summed E-state index contributed by atoms with van der Waals surface area (Å²) in [5.74, 6) is -0.728. The molecule has 124 valence electrons. The Labute approximate surface area is 144 Å². The van der Waals surface area contributed by atoms with Crippen molar-refractivity contribution < 1.29 is 14.3 Å². The highest BCUT2D eigenvalue weighted by Gasteiger charge is 2.46. The molecule has 1 saturated heterocycles. The molecule has 2 aliphatic heterocycles. The lowest BCUT2D eigenvalue weighted by Crippen LogP contribution is -2.43. The van der Waals surface area contributed by atoms with E-state index in [2.05, 4.69) is 33.1 Å². The third kappa shape index (κ3) is 3.82. The van der Waals surface area contributed by atoms with Crippen LogP contribution in [0.5, 0.6) is 0 Å². The van der Waals surface area contributed by atoms with E-state index in [4.69, 9.17) is 9.47 Å². The maximum absolute atomic E-state index is 13.0. The van der Waals surface area contributed by atoms with Crippen molar-refractivity contribution in [2.45, 2.75) is 51.2 Å². The van der Waals surface area contributed by atoms with Gasteiger partial charge in [0.15, 0.2) is 11.9 Å². The lowest BCUT2D eigenvalue weighted by Gasteiger charge is -2.26. The Kier molecular flexibility index (Phi) is 4.85. The van der Waals surface area contributed by atoms with Crippen molar-refractivity contribution in [2.75, 3.05) is 6.54 Å². The van der Waals surface area contributed by atoms with Crippen LogP contribution in [0.25, 0.3) is 0 Å². The highest BCUT2D eigenvalue weighted by atomic mass is 79.9. The van der Waals surface area contributed by atoms with Gasteiger partial charge in [-0.25, -0.2) is 0 Å². The Morgan fingerprint density at radius 1 is 1.39 bits per heavy atom. The number of carbonyl (C=O) groups is 1. The van der Waals surface area contributed by atoms with Gasteiger partial charge in [0.05, 0.1) is 6.10 Å². The molecule has 23 heavy (non-hydrogen) atoms. The van der Waals surface area contributed by atoms with Gasteiger partial charge in [-0.2, -0.15) is 0 Å². The molecule has 0 aliphatic carbocycles. The first-order chi connectivity index (χ1) is 11.0. The molecule has 0 bridgehead atoms. The summed E-state index contributed by atoms with van der Waals surface area (Å²) >= 11 is 3.50. The summed E-state index contributed by atoms with van der Waals surface area (Å²) in [4.78, 5) is 18.9. The van der Waals surface area contributed by atoms with Crippen molar-refractivity contribution in [3.05, 3.63) is 40.6 Å². The van der Waals surface area contributed by atoms with Gasteiger partial charge in [-0.15, -0.1) is 0 Å². The Hall–Kier alpha value is -1.24. The van der Waals surface area contributed by atoms with E-state index in [0.29, 0.717) is 19.5 Å². The van der Waals surface area contributed by atoms with E-state index in [1.54, 1.807) is 12.4 Å². The lowest BCUT2D eigenvalue weighted by atomic mass is 10.1. The van der Waals surface area contributed by atoms with Gasteiger partial charge in [-0.05, 0) is 54.2 Å². The van der Waals surface area contributed by atoms with Gasteiger partial charge in [0.1, 0.15) is 0 Å². The largest absolute Gasteiger partial charge is 0.344 e. The number of halogens is 1. The molecule has 5 nitrogen and oxygen atoms in total. The second-order valence-electron chi connectivity index (χ2n) is 6.32. The summed E-state index contributed by atoms with van der Waals surface area (Å²) in [7, 11) is 0. The molecule has 0 aromatic carbocycles. The maximum atomic E-state index is 13.0. The Morgan fingerprint density at radius 3 is 3.00 bits per heavy atom. The quantitative estimate of drug-likeness (QED) is 0.739. The SMILES string of the molecule is CC1(C)O[C@@H]2C(=O)N(Cc3ccncc3Br)CCC=CC[C@H]2O1. The zero-order valence-electron chi connectivity index (χ0n) is 13.4. The van der Waals surface area contributed by atoms with Crippen LogP contribution in [-0.4, -0.2) is 40.3 Å². The van der Waals surface area contributed by atoms with E-state index in [9.17, 15) is 4.79 Å². The molecule has 1 aromatic rings. The van der Waals surface area contributed by atoms with Gasteiger partial charge in [0, 0.05) is 30.0 Å². The van der Waals surface area contributed by atoms with Crippen molar-refractivity contribution in [2.24, 2.45) is 0 Å². The van der Waals surface area contributed by atoms with Crippen molar-refractivity contribution in [1.29, 1.82) is 0 Å². The van der Waals surface area contributed by atoms with E-state index < -0.39 is 11.9 Å². The summed E-state index contributed by atoms with van der Waals surface area (Å²) in [6.45, 7) is 4.90. The molecule has 6 heteroatoms. The fourth-order valence-corrected chi connectivity index (χ4v) is 3.36. The number of hydrogen-bond donors (Lipinski definition) is 0. The number of carbonyl (C=O) groups excluding carboxylic acids is 1. The van der Waals surface area contributed by atoms with Gasteiger partial charge in [-0.1, -0.05) is 12.2 Å². The number of ether oxygens (including phenoxy) is 2. The monoisotopic (exact) mass is 380 g/mol. The minimum absolute atomic E-state index is 0.00649. The summed E-state index contributed by atoms with van der Waals surface area (Å²) in [6, 6.07) is 1.92. The Bertz CT molecular complexity index is 618. The zero-order chi connectivity index (χ0) is 16.4. The van der Waals surface area contributed by atoms with Crippen molar-refractivity contribution in [1.82, 2.24) is 9.88 Å². The lowest BCUT2D eigenvalue weighted by molar-refractivity contribution is -0.162. The standard InChI is InChI=1S/C17H21BrN2O3/c1-17(2)22-14-6-4-3-5-9-20(16(21)15(14)23-17)11-12-7-8-19-10-13(12)18/h3-4,7-8,10,14-15H,5-6,9,11H2,1-2H3/t14-,15+/m1/s1. The minimum atomic E-state index is -0.721. The molecular weight excluding hydrogens is 360 g/mol. The molecule has 3 rings (SSSR count). The van der Waals surface area contributed by atoms with E-state index in [0.717, 1.165) is 16.5 Å². The average Bonchev–Trinajstić information content (AvgIpc) is 2.83. The van der Waals surface area contributed by atoms with E-state index >= 15 is 0 Å². The number of hydrogen-bond acceptors (Lipinski definition) is 4. The molecule has 0 radical (unpaired) electrons. The first-order valence-electron chi connectivity index (χ1n) is 7.84. The van der Waals surface area contributed by atoms with Crippen LogP contribution in [0.2, 0.25) is 0 Å². The number of aromatic nitrogens is 1. The summed E-state index contributed by atoms with van der Waals surface area (Å²) in [6.07, 6.45) is 8.44. The number of rotatable bonds is 2. The van der Waals surface area contributed by atoms with Crippen molar-refractivity contribution in [3.8, 4) is 0 Å². The summed E-state index contributed by atoms with van der Waals surface area (Å²) in [5, 5.41) is 0. The Morgan fingerprint density at radius 2 is 2.22 bits per heavy atom. The predicted molar refractivity (Wildman–Crippen MR) is 89.6 cm³/mol. The summed E-state index contributed by atoms with van der Waals surface area (Å²) < 4.78 is 12.7. The number of amides is 1. The van der Waals surface area contributed by atoms with E-state index in [-0.39, 0.29) is 12.0 Å². The van der Waals surface area contributed by atoms with Crippen LogP contribution in [0.3, 0.4) is 0 Å². The minimum Gasteiger partial charge on any atom is -0.344 e. The second-order valence-corrected chi connectivity index (χ2v) is 7.17. The highest BCUT2D eigenvalue weighted by molar-refractivity contribution is 9.10. The van der Waals surface area contributed by atoms with Crippen LogP contribution < -0.4 is 0 Å². The van der Waals surface area contributed by atoms with Gasteiger partial charge in [0.2, 0.25) is 0 Å². The van der Waals surface area contributed by atoms with Crippen molar-refractivity contribution in [3.63, 3.8) is 0 Å². The van der Waals surface area contributed by atoms with E-state index in [1.165, 1.54) is 0 Å². The molecule has 1 fully saturated rings. The second kappa shape index (κ2) is 6.71. The molecule has 2 atom stereocenters. The van der Waals surface area contributed by atoms with E-state index in [1.807, 2.05) is 24.8 Å². The maximum Gasteiger partial charge on any atom is 0.254 e. The van der Waals surface area contributed by atoms with Crippen LogP contribution in [-0.2, 0) is 20.8 Å². The van der Waals surface area contributed by atoms with Crippen LogP contribution in [0.1, 0.15) is 32.3 Å². The van der Waals surface area contributed by atoms with Crippen LogP contribution in [0.15, 0.2) is 35.1 Å². The predicted octanol–water partition coefficient (Wildman–Crippen LogP) is 3.04. The van der Waals surface area contributed by atoms with Crippen LogP contribution in [0.4, 0.5) is 0 Å². The van der Waals surface area contributed by atoms with Gasteiger partial charge in [0.25, 0.3) is 5.91 Å². The first-order valence-corrected chi connectivity index (χ1v) is 8.63. The molecule has 2 aliphatic rings. The molecule has 0 spiro atoms. The van der Waals surface area contributed by atoms with Crippen LogP contribution in [0, 0.1) is 0 Å². The molecule has 1 aromatic heterocycles. The number of nitrogens with zero attached hydrogens (tertiary/aromatic N) is 2. The topological polar surface area (TPSA) is 51.7 Å². The fourth-order valence-electron chi connectivity index (χ4n) is 2.98. The third-order valence-corrected chi connectivity index (χ3v) is 4.77. The molecule has 0 unspecified atom stereocenters. The zero-order valence-corrected chi connectivity index (χ0v) is 15.0. The molecule has 0 N–H and O–H groups in total. The number of fused-ring (bicyclic) bond motifs is 1. The summed E-state index contributed by atoms with van der Waals surface area (Å²) in [5.41, 5.74) is 1.03. The third-order valence-electron chi connectivity index (χ3n) is 4.06. The highest BCUT2D eigenvalue weighted by Crippen LogP contribution is 2.32. The normalized spacial score (nSPS) is 27.3. The molecular formula is C17H21BrN2O3. The Balaban J connectivity index is 1.83. The van der Waals surface area contributed by atoms with Crippen molar-refractivity contribution >= 4 is 21.8 Å². The molecule has 0 saturated carbocycles. The first kappa shape index (κ1) is 16.6. The van der Waals surface area contributed by atoms with Gasteiger partial charge < -0.3 is 14.4 Å². The van der Waals surface area contributed by atoms with Gasteiger partial charge >= 0.3 is 0 Å². The van der Waals surface area contributed by atoms with Crippen LogP contribution >= 0.6 is 15.9 Å². The molecule has 1 amide bonds. The smallest absolute Gasteiger partial charge is 0.254 e. The van der Waals surface area contributed by atoms with Gasteiger partial charge in [-0.3, -0.25) is 9.78 Å².